The van der Waals surface area contributed by atoms with Crippen LogP contribution in [0.5, 0.6) is 0 Å². The molecule has 2 unspecified atom stereocenters. The van der Waals surface area contributed by atoms with Crippen LogP contribution in [0.1, 0.15) is 22.7 Å². The Hall–Kier alpha value is -1.54. The van der Waals surface area contributed by atoms with Gasteiger partial charge >= 0.3 is 0 Å². The number of morpholine rings is 1. The molecule has 2 fully saturated rings. The van der Waals surface area contributed by atoms with Crippen LogP contribution in [0.25, 0.3) is 0 Å². The number of nitrogens with one attached hydrogen (secondary N) is 1. The first-order chi connectivity index (χ1) is 12.3. The van der Waals surface area contributed by atoms with Crippen LogP contribution in [0.2, 0.25) is 0 Å². The second-order valence-electron chi connectivity index (χ2n) is 6.29. The molecule has 0 spiro atoms. The van der Waals surface area contributed by atoms with E-state index in [4.69, 9.17) is 17.0 Å². The maximum absolute atomic E-state index is 5.68. The molecule has 4 rings (SSSR count). The number of nitrogens with zero attached hydrogens (tertiary/aromatic N) is 3. The van der Waals surface area contributed by atoms with Crippen molar-refractivity contribution in [2.75, 3.05) is 39.4 Å². The third-order valence-corrected chi connectivity index (χ3v) is 6.09. The van der Waals surface area contributed by atoms with E-state index in [1.54, 1.807) is 11.3 Å². The lowest BCUT2D eigenvalue weighted by atomic mass is 10.0. The second kappa shape index (κ2) is 7.78. The van der Waals surface area contributed by atoms with Crippen LogP contribution in [0.4, 0.5) is 0 Å². The Morgan fingerprint density at radius 2 is 2.08 bits per heavy atom. The van der Waals surface area contributed by atoms with E-state index < -0.39 is 0 Å². The van der Waals surface area contributed by atoms with Crippen molar-refractivity contribution in [2.24, 2.45) is 0 Å². The number of hydrogen-bond acceptors (Lipinski definition) is 5. The molecule has 0 bridgehead atoms. The molecule has 2 atom stereocenters. The van der Waals surface area contributed by atoms with Crippen molar-refractivity contribution in [3.63, 3.8) is 0 Å². The van der Waals surface area contributed by atoms with Crippen LogP contribution in [0.3, 0.4) is 0 Å². The monoisotopic (exact) mass is 374 g/mol. The zero-order chi connectivity index (χ0) is 17.1. The largest absolute Gasteiger partial charge is 0.379 e. The predicted octanol–water partition coefficient (Wildman–Crippen LogP) is 2.45. The summed E-state index contributed by atoms with van der Waals surface area (Å²) < 4.78 is 5.45. The van der Waals surface area contributed by atoms with Gasteiger partial charge in [0.15, 0.2) is 5.11 Å². The van der Waals surface area contributed by atoms with E-state index in [1.807, 2.05) is 18.3 Å². The number of ether oxygens (including phenoxy) is 1. The standard InChI is InChI=1S/C18H22N4OS2/c24-18-20-16(14-4-1-2-6-19-14)17(15-5-3-13-25-15)22(18)8-7-21-9-11-23-12-10-21/h1-6,13,16-17H,7-12H2,(H,20,24). The lowest BCUT2D eigenvalue weighted by Gasteiger charge is -2.31. The van der Waals surface area contributed by atoms with E-state index in [0.717, 1.165) is 50.2 Å². The molecule has 2 aliphatic rings. The van der Waals surface area contributed by atoms with Gasteiger partial charge in [-0.15, -0.1) is 11.3 Å². The highest BCUT2D eigenvalue weighted by atomic mass is 32.1. The number of thiocarbonyl (C=S) groups is 1. The minimum atomic E-state index is 0.0945. The smallest absolute Gasteiger partial charge is 0.170 e. The van der Waals surface area contributed by atoms with Crippen LogP contribution in [0.15, 0.2) is 41.9 Å². The van der Waals surface area contributed by atoms with E-state index in [1.165, 1.54) is 4.88 Å². The highest BCUT2D eigenvalue weighted by molar-refractivity contribution is 7.80. The van der Waals surface area contributed by atoms with Crippen molar-refractivity contribution in [2.45, 2.75) is 12.1 Å². The van der Waals surface area contributed by atoms with Crippen molar-refractivity contribution in [1.29, 1.82) is 0 Å². The maximum Gasteiger partial charge on any atom is 0.170 e. The van der Waals surface area contributed by atoms with Gasteiger partial charge in [-0.3, -0.25) is 9.88 Å². The van der Waals surface area contributed by atoms with Gasteiger partial charge in [-0.25, -0.2) is 0 Å². The topological polar surface area (TPSA) is 40.6 Å². The average molecular weight is 375 g/mol. The molecule has 0 amide bonds. The van der Waals surface area contributed by atoms with Gasteiger partial charge in [-0.05, 0) is 35.8 Å². The predicted molar refractivity (Wildman–Crippen MR) is 104 cm³/mol. The van der Waals surface area contributed by atoms with Gasteiger partial charge < -0.3 is 15.0 Å². The number of aromatic nitrogens is 1. The summed E-state index contributed by atoms with van der Waals surface area (Å²) in [5, 5.41) is 6.46. The van der Waals surface area contributed by atoms with Crippen molar-refractivity contribution < 1.29 is 4.74 Å². The van der Waals surface area contributed by atoms with Crippen LogP contribution >= 0.6 is 23.6 Å². The van der Waals surface area contributed by atoms with Gasteiger partial charge in [0, 0.05) is 37.3 Å². The van der Waals surface area contributed by atoms with Gasteiger partial charge in [0.25, 0.3) is 0 Å². The van der Waals surface area contributed by atoms with Gasteiger partial charge in [0.1, 0.15) is 0 Å². The summed E-state index contributed by atoms with van der Waals surface area (Å²) in [4.78, 5) is 10.7. The summed E-state index contributed by atoms with van der Waals surface area (Å²) in [5.74, 6) is 0. The zero-order valence-electron chi connectivity index (χ0n) is 14.0. The summed E-state index contributed by atoms with van der Waals surface area (Å²) in [6, 6.07) is 10.7. The number of rotatable bonds is 5. The highest BCUT2D eigenvalue weighted by Crippen LogP contribution is 2.40. The third-order valence-electron chi connectivity index (χ3n) is 4.79. The lowest BCUT2D eigenvalue weighted by Crippen LogP contribution is -2.42. The fourth-order valence-electron chi connectivity index (χ4n) is 3.49. The van der Waals surface area contributed by atoms with Crippen LogP contribution in [-0.4, -0.2) is 59.3 Å². The minimum Gasteiger partial charge on any atom is -0.379 e. The zero-order valence-corrected chi connectivity index (χ0v) is 15.6. The van der Waals surface area contributed by atoms with Gasteiger partial charge in [-0.2, -0.15) is 0 Å². The Bertz CT molecular complexity index is 688. The molecule has 0 aliphatic carbocycles. The molecule has 132 valence electrons. The lowest BCUT2D eigenvalue weighted by molar-refractivity contribution is 0.0351. The van der Waals surface area contributed by atoms with Crippen LogP contribution < -0.4 is 5.32 Å². The first-order valence-corrected chi connectivity index (χ1v) is 9.93. The molecule has 0 saturated carbocycles. The van der Waals surface area contributed by atoms with E-state index in [2.05, 4.69) is 43.7 Å². The molecular formula is C18H22N4OS2. The fraction of sp³-hybridized carbons (Fsp3) is 0.444. The summed E-state index contributed by atoms with van der Waals surface area (Å²) in [5.41, 5.74) is 1.04. The first kappa shape index (κ1) is 16.9. The third kappa shape index (κ3) is 3.69. The summed E-state index contributed by atoms with van der Waals surface area (Å²) in [7, 11) is 0. The highest BCUT2D eigenvalue weighted by Gasteiger charge is 2.40. The van der Waals surface area contributed by atoms with Crippen molar-refractivity contribution in [3.8, 4) is 0 Å². The SMILES string of the molecule is S=C1NC(c2ccccn2)C(c2cccs2)N1CCN1CCOCC1. The molecule has 0 radical (unpaired) electrons. The molecule has 5 nitrogen and oxygen atoms in total. The van der Waals surface area contributed by atoms with Crippen molar-refractivity contribution >= 4 is 28.7 Å². The van der Waals surface area contributed by atoms with Gasteiger partial charge in [-0.1, -0.05) is 12.1 Å². The molecule has 4 heterocycles. The van der Waals surface area contributed by atoms with E-state index >= 15 is 0 Å². The number of thiophene rings is 1. The molecule has 2 aliphatic heterocycles. The Labute approximate surface area is 157 Å². The van der Waals surface area contributed by atoms with Gasteiger partial charge in [0.2, 0.25) is 0 Å². The minimum absolute atomic E-state index is 0.0945. The second-order valence-corrected chi connectivity index (χ2v) is 7.66. The van der Waals surface area contributed by atoms with E-state index in [9.17, 15) is 0 Å². The number of pyridine rings is 1. The fourth-order valence-corrected chi connectivity index (χ4v) is 4.69. The Morgan fingerprint density at radius 1 is 1.20 bits per heavy atom. The van der Waals surface area contributed by atoms with E-state index in [0.29, 0.717) is 0 Å². The molecular weight excluding hydrogens is 352 g/mol. The molecule has 7 heteroatoms. The van der Waals surface area contributed by atoms with Crippen molar-refractivity contribution in [1.82, 2.24) is 20.1 Å². The quantitative estimate of drug-likeness (QED) is 0.811. The normalized spacial score (nSPS) is 24.5. The van der Waals surface area contributed by atoms with Crippen molar-refractivity contribution in [3.05, 3.63) is 52.5 Å². The maximum atomic E-state index is 5.68. The molecule has 2 saturated heterocycles. The summed E-state index contributed by atoms with van der Waals surface area (Å²) in [6.07, 6.45) is 1.85. The van der Waals surface area contributed by atoms with Crippen LogP contribution in [-0.2, 0) is 4.74 Å². The molecule has 2 aromatic heterocycles. The number of hydrogen-bond donors (Lipinski definition) is 1. The average Bonchev–Trinajstić information content (AvgIpc) is 3.29. The summed E-state index contributed by atoms with van der Waals surface area (Å²) in [6.45, 7) is 5.57. The molecule has 0 aromatic carbocycles. The Balaban J connectivity index is 1.55. The summed E-state index contributed by atoms with van der Waals surface area (Å²) >= 11 is 7.47. The Kier molecular flexibility index (Phi) is 5.26. The van der Waals surface area contributed by atoms with Gasteiger partial charge in [0.05, 0.1) is 31.0 Å². The first-order valence-electron chi connectivity index (χ1n) is 8.64. The van der Waals surface area contributed by atoms with E-state index in [-0.39, 0.29) is 12.1 Å². The molecule has 1 N–H and O–H groups in total. The molecule has 25 heavy (non-hydrogen) atoms. The van der Waals surface area contributed by atoms with Crippen LogP contribution in [0, 0.1) is 0 Å². The molecule has 2 aromatic rings. The Morgan fingerprint density at radius 3 is 2.80 bits per heavy atom.